The van der Waals surface area contributed by atoms with Crippen LogP contribution in [0.2, 0.25) is 0 Å². The molecule has 21 heavy (non-hydrogen) atoms. The number of nitrogens with one attached hydrogen (secondary N) is 2. The second-order valence-electron chi connectivity index (χ2n) is 6.51. The van der Waals surface area contributed by atoms with E-state index in [0.29, 0.717) is 12.8 Å². The molecule has 116 valence electrons. The third-order valence-corrected chi connectivity index (χ3v) is 4.98. The van der Waals surface area contributed by atoms with Gasteiger partial charge in [0.2, 0.25) is 5.91 Å². The number of carbonyl (C=O) groups excluding carboxylic acids is 3. The maximum absolute atomic E-state index is 12.5. The number of hydrogen-bond donors (Lipinski definition) is 2. The lowest BCUT2D eigenvalue weighted by molar-refractivity contribution is -0.136. The maximum Gasteiger partial charge on any atom is 0.325 e. The minimum Gasteiger partial charge on any atom is -0.352 e. The fourth-order valence-electron chi connectivity index (χ4n) is 3.80. The summed E-state index contributed by atoms with van der Waals surface area (Å²) in [5.41, 5.74) is -0.733. The lowest BCUT2D eigenvalue weighted by Gasteiger charge is -2.30. The number of imide groups is 1. The van der Waals surface area contributed by atoms with Crippen molar-refractivity contribution in [2.45, 2.75) is 69.4 Å². The molecular formula is C15H23N3O3. The molecular weight excluding hydrogens is 270 g/mol. The summed E-state index contributed by atoms with van der Waals surface area (Å²) in [6, 6.07) is -0.203. The van der Waals surface area contributed by atoms with Crippen LogP contribution in [0.1, 0.15) is 57.8 Å². The van der Waals surface area contributed by atoms with Crippen molar-refractivity contribution in [1.29, 1.82) is 0 Å². The standard InChI is InChI=1S/C15H23N3O3/c19-12(16-11-6-2-3-7-11)10-18-13(20)15(17-14(18)21)8-4-1-5-9-15/h11H,1-10H2,(H,16,19)(H,17,21). The molecule has 0 bridgehead atoms. The highest BCUT2D eigenvalue weighted by Gasteiger charge is 2.51. The van der Waals surface area contributed by atoms with Gasteiger partial charge in [-0.2, -0.15) is 0 Å². The number of rotatable bonds is 3. The van der Waals surface area contributed by atoms with Crippen LogP contribution >= 0.6 is 0 Å². The van der Waals surface area contributed by atoms with E-state index in [2.05, 4.69) is 10.6 Å². The molecule has 4 amide bonds. The van der Waals surface area contributed by atoms with E-state index in [1.165, 1.54) is 0 Å². The molecule has 2 aliphatic carbocycles. The number of hydrogen-bond acceptors (Lipinski definition) is 3. The zero-order chi connectivity index (χ0) is 14.9. The van der Waals surface area contributed by atoms with Crippen LogP contribution in [0.4, 0.5) is 4.79 Å². The van der Waals surface area contributed by atoms with Crippen LogP contribution in [-0.4, -0.2) is 40.9 Å². The maximum atomic E-state index is 12.5. The Labute approximate surface area is 124 Å². The molecule has 6 heteroatoms. The summed E-state index contributed by atoms with van der Waals surface area (Å²) >= 11 is 0. The Hall–Kier alpha value is -1.59. The Morgan fingerprint density at radius 1 is 1.14 bits per heavy atom. The van der Waals surface area contributed by atoms with Crippen LogP contribution < -0.4 is 10.6 Å². The fourth-order valence-corrected chi connectivity index (χ4v) is 3.80. The Morgan fingerprint density at radius 2 is 1.81 bits per heavy atom. The third-order valence-electron chi connectivity index (χ3n) is 4.98. The van der Waals surface area contributed by atoms with E-state index >= 15 is 0 Å². The van der Waals surface area contributed by atoms with Gasteiger partial charge in [0.25, 0.3) is 5.91 Å². The van der Waals surface area contributed by atoms with Crippen molar-refractivity contribution in [3.63, 3.8) is 0 Å². The molecule has 3 rings (SSSR count). The van der Waals surface area contributed by atoms with E-state index in [-0.39, 0.29) is 24.4 Å². The van der Waals surface area contributed by atoms with E-state index in [4.69, 9.17) is 0 Å². The molecule has 3 fully saturated rings. The molecule has 1 spiro atoms. The van der Waals surface area contributed by atoms with E-state index in [0.717, 1.165) is 49.8 Å². The molecule has 1 saturated heterocycles. The lowest BCUT2D eigenvalue weighted by Crippen LogP contribution is -2.49. The summed E-state index contributed by atoms with van der Waals surface area (Å²) in [6.07, 6.45) is 8.66. The fraction of sp³-hybridized carbons (Fsp3) is 0.800. The number of carbonyl (C=O) groups is 3. The Morgan fingerprint density at radius 3 is 2.48 bits per heavy atom. The SMILES string of the molecule is O=C(CN1C(=O)NC2(CCCCC2)C1=O)NC1CCCC1. The van der Waals surface area contributed by atoms with Gasteiger partial charge in [-0.25, -0.2) is 4.79 Å². The largest absolute Gasteiger partial charge is 0.352 e. The van der Waals surface area contributed by atoms with Gasteiger partial charge in [-0.15, -0.1) is 0 Å². The van der Waals surface area contributed by atoms with Gasteiger partial charge < -0.3 is 10.6 Å². The normalized spacial score (nSPS) is 25.4. The van der Waals surface area contributed by atoms with Crippen molar-refractivity contribution in [3.8, 4) is 0 Å². The Balaban J connectivity index is 1.61. The Bertz CT molecular complexity index is 451. The zero-order valence-corrected chi connectivity index (χ0v) is 12.3. The number of nitrogens with zero attached hydrogens (tertiary/aromatic N) is 1. The van der Waals surface area contributed by atoms with E-state index in [1.54, 1.807) is 0 Å². The van der Waals surface area contributed by atoms with Gasteiger partial charge in [0.1, 0.15) is 12.1 Å². The minimum absolute atomic E-state index is 0.150. The molecule has 0 radical (unpaired) electrons. The average Bonchev–Trinajstić information content (AvgIpc) is 3.04. The second kappa shape index (κ2) is 5.66. The number of amides is 4. The van der Waals surface area contributed by atoms with Crippen LogP contribution in [0.25, 0.3) is 0 Å². The summed E-state index contributed by atoms with van der Waals surface area (Å²) in [7, 11) is 0. The monoisotopic (exact) mass is 293 g/mol. The predicted molar refractivity (Wildman–Crippen MR) is 76.5 cm³/mol. The zero-order valence-electron chi connectivity index (χ0n) is 12.3. The molecule has 0 aromatic carbocycles. The molecule has 0 aromatic rings. The van der Waals surface area contributed by atoms with Crippen molar-refractivity contribution < 1.29 is 14.4 Å². The van der Waals surface area contributed by atoms with Crippen molar-refractivity contribution in [1.82, 2.24) is 15.5 Å². The first-order chi connectivity index (χ1) is 10.1. The molecule has 2 N–H and O–H groups in total. The lowest BCUT2D eigenvalue weighted by atomic mass is 9.82. The molecule has 0 aromatic heterocycles. The van der Waals surface area contributed by atoms with E-state index < -0.39 is 11.6 Å². The van der Waals surface area contributed by atoms with Gasteiger partial charge in [0, 0.05) is 6.04 Å². The van der Waals surface area contributed by atoms with Gasteiger partial charge in [0.05, 0.1) is 0 Å². The van der Waals surface area contributed by atoms with Crippen LogP contribution in [0, 0.1) is 0 Å². The summed E-state index contributed by atoms with van der Waals surface area (Å²) in [6.45, 7) is -0.150. The van der Waals surface area contributed by atoms with E-state index in [1.807, 2.05) is 0 Å². The molecule has 0 unspecified atom stereocenters. The van der Waals surface area contributed by atoms with Gasteiger partial charge in [0.15, 0.2) is 0 Å². The van der Waals surface area contributed by atoms with Gasteiger partial charge in [-0.05, 0) is 25.7 Å². The van der Waals surface area contributed by atoms with Gasteiger partial charge in [-0.3, -0.25) is 14.5 Å². The molecule has 2 saturated carbocycles. The van der Waals surface area contributed by atoms with Crippen LogP contribution in [0.3, 0.4) is 0 Å². The molecule has 1 heterocycles. The van der Waals surface area contributed by atoms with Crippen LogP contribution in [-0.2, 0) is 9.59 Å². The highest BCUT2D eigenvalue weighted by Crippen LogP contribution is 2.33. The first-order valence-electron chi connectivity index (χ1n) is 8.04. The summed E-state index contributed by atoms with van der Waals surface area (Å²) in [4.78, 5) is 37.7. The first kappa shape index (κ1) is 14.4. The van der Waals surface area contributed by atoms with Crippen LogP contribution in [0.5, 0.6) is 0 Å². The topological polar surface area (TPSA) is 78.5 Å². The first-order valence-corrected chi connectivity index (χ1v) is 8.04. The summed E-state index contributed by atoms with van der Waals surface area (Å²) in [5, 5.41) is 5.75. The number of urea groups is 1. The predicted octanol–water partition coefficient (Wildman–Crippen LogP) is 1.30. The summed E-state index contributed by atoms with van der Waals surface area (Å²) in [5.74, 6) is -0.438. The average molecular weight is 293 g/mol. The van der Waals surface area contributed by atoms with Crippen molar-refractivity contribution in [3.05, 3.63) is 0 Å². The quantitative estimate of drug-likeness (QED) is 0.770. The van der Waals surface area contributed by atoms with Crippen molar-refractivity contribution >= 4 is 17.8 Å². The van der Waals surface area contributed by atoms with Crippen LogP contribution in [0.15, 0.2) is 0 Å². The highest BCUT2D eigenvalue weighted by atomic mass is 16.2. The molecule has 6 nitrogen and oxygen atoms in total. The van der Waals surface area contributed by atoms with Gasteiger partial charge in [-0.1, -0.05) is 32.1 Å². The van der Waals surface area contributed by atoms with E-state index in [9.17, 15) is 14.4 Å². The second-order valence-corrected chi connectivity index (χ2v) is 6.51. The van der Waals surface area contributed by atoms with Crippen molar-refractivity contribution in [2.75, 3.05) is 6.54 Å². The minimum atomic E-state index is -0.733. The highest BCUT2D eigenvalue weighted by molar-refractivity contribution is 6.09. The smallest absolute Gasteiger partial charge is 0.325 e. The molecule has 3 aliphatic rings. The van der Waals surface area contributed by atoms with Gasteiger partial charge >= 0.3 is 6.03 Å². The summed E-state index contributed by atoms with van der Waals surface area (Å²) < 4.78 is 0. The third kappa shape index (κ3) is 2.76. The molecule has 1 aliphatic heterocycles. The Kier molecular flexibility index (Phi) is 3.87. The van der Waals surface area contributed by atoms with Crippen molar-refractivity contribution in [2.24, 2.45) is 0 Å². The molecule has 0 atom stereocenters.